The Labute approximate surface area is 128 Å². The van der Waals surface area contributed by atoms with E-state index in [1.807, 2.05) is 7.05 Å². The third-order valence-corrected chi connectivity index (χ3v) is 4.66. The highest BCUT2D eigenvalue weighted by atomic mass is 19.1. The number of unbranched alkanes of at least 4 members (excludes halogenated alkanes) is 1. The monoisotopic (exact) mass is 292 g/mol. The molecule has 1 heterocycles. The first-order chi connectivity index (χ1) is 9.90. The zero-order chi connectivity index (χ0) is 15.6. The molecule has 2 rings (SSSR count). The number of hydrogen-bond donors (Lipinski definition) is 1. The fourth-order valence-electron chi connectivity index (χ4n) is 3.62. The third kappa shape index (κ3) is 3.23. The van der Waals surface area contributed by atoms with Crippen LogP contribution in [0.15, 0.2) is 12.1 Å². The Bertz CT molecular complexity index is 496. The van der Waals surface area contributed by atoms with E-state index >= 15 is 0 Å². The minimum absolute atomic E-state index is 0.0884. The summed E-state index contributed by atoms with van der Waals surface area (Å²) in [5.41, 5.74) is 3.28. The second kappa shape index (κ2) is 6.35. The quantitative estimate of drug-likeness (QED) is 0.863. The Morgan fingerprint density at radius 3 is 2.71 bits per heavy atom. The van der Waals surface area contributed by atoms with Gasteiger partial charge >= 0.3 is 0 Å². The van der Waals surface area contributed by atoms with E-state index < -0.39 is 0 Å². The molecule has 0 saturated heterocycles. The van der Waals surface area contributed by atoms with Gasteiger partial charge in [0, 0.05) is 29.9 Å². The number of halogens is 1. The van der Waals surface area contributed by atoms with Crippen LogP contribution < -0.4 is 10.2 Å². The third-order valence-electron chi connectivity index (χ3n) is 4.66. The van der Waals surface area contributed by atoms with Crippen LogP contribution in [0.25, 0.3) is 0 Å². The van der Waals surface area contributed by atoms with Gasteiger partial charge in [-0.3, -0.25) is 0 Å². The van der Waals surface area contributed by atoms with Crippen molar-refractivity contribution in [1.82, 2.24) is 5.32 Å². The van der Waals surface area contributed by atoms with Gasteiger partial charge in [-0.1, -0.05) is 20.3 Å². The number of fused-ring (bicyclic) bond motifs is 1. The number of anilines is 1. The number of nitrogens with zero attached hydrogens (tertiary/aromatic N) is 1. The predicted molar refractivity (Wildman–Crippen MR) is 88.5 cm³/mol. The van der Waals surface area contributed by atoms with Gasteiger partial charge in [-0.05, 0) is 57.4 Å². The summed E-state index contributed by atoms with van der Waals surface area (Å²) in [7, 11) is 1.86. The highest BCUT2D eigenvalue weighted by molar-refractivity contribution is 5.61. The molecule has 0 radical (unpaired) electrons. The molecule has 118 valence electrons. The van der Waals surface area contributed by atoms with Crippen molar-refractivity contribution >= 4 is 5.69 Å². The fraction of sp³-hybridized carbons (Fsp3) is 0.667. The lowest BCUT2D eigenvalue weighted by Gasteiger charge is -2.48. The predicted octanol–water partition coefficient (Wildman–Crippen LogP) is 4.44. The van der Waals surface area contributed by atoms with Gasteiger partial charge in [0.15, 0.2) is 0 Å². The molecule has 0 aliphatic carbocycles. The highest BCUT2D eigenvalue weighted by Crippen LogP contribution is 2.44. The van der Waals surface area contributed by atoms with Crippen molar-refractivity contribution in [3.8, 4) is 0 Å². The molecule has 0 spiro atoms. The topological polar surface area (TPSA) is 15.3 Å². The van der Waals surface area contributed by atoms with Crippen molar-refractivity contribution in [2.45, 2.75) is 65.0 Å². The number of rotatable bonds is 5. The van der Waals surface area contributed by atoms with E-state index in [0.29, 0.717) is 12.5 Å². The molecule has 0 fully saturated rings. The average molecular weight is 292 g/mol. The standard InChI is InChI=1S/C18H29FN2/c1-6-7-8-21-17-10-16(19)14(12-20-5)9-15(17)13(2)11-18(21,3)4/h9-10,13,20H,6-8,11-12H2,1-5H3/t13-/m0/s1. The van der Waals surface area contributed by atoms with Crippen molar-refractivity contribution < 1.29 is 4.39 Å². The lowest BCUT2D eigenvalue weighted by Crippen LogP contribution is -2.48. The van der Waals surface area contributed by atoms with Crippen LogP contribution >= 0.6 is 0 Å². The van der Waals surface area contributed by atoms with E-state index in [1.54, 1.807) is 6.07 Å². The fourth-order valence-corrected chi connectivity index (χ4v) is 3.62. The van der Waals surface area contributed by atoms with Crippen LogP contribution in [0, 0.1) is 5.82 Å². The van der Waals surface area contributed by atoms with Gasteiger partial charge in [0.2, 0.25) is 0 Å². The van der Waals surface area contributed by atoms with E-state index in [1.165, 1.54) is 5.56 Å². The maximum absolute atomic E-state index is 14.4. The Hall–Kier alpha value is -1.09. The SMILES string of the molecule is CCCCN1c2cc(F)c(CNC)cc2[C@@H](C)CC1(C)C. The molecule has 1 N–H and O–H groups in total. The Kier molecular flexibility index (Phi) is 4.92. The van der Waals surface area contributed by atoms with Crippen LogP contribution in [-0.4, -0.2) is 19.1 Å². The van der Waals surface area contributed by atoms with Crippen LogP contribution in [0.3, 0.4) is 0 Å². The summed E-state index contributed by atoms with van der Waals surface area (Å²) in [6, 6.07) is 3.83. The summed E-state index contributed by atoms with van der Waals surface area (Å²) >= 11 is 0. The maximum atomic E-state index is 14.4. The molecule has 0 unspecified atom stereocenters. The van der Waals surface area contributed by atoms with Gasteiger partial charge in [0.05, 0.1) is 0 Å². The number of benzene rings is 1. The maximum Gasteiger partial charge on any atom is 0.129 e. The second-order valence-corrected chi connectivity index (χ2v) is 6.96. The smallest absolute Gasteiger partial charge is 0.129 e. The van der Waals surface area contributed by atoms with Crippen LogP contribution in [0.4, 0.5) is 10.1 Å². The number of nitrogens with one attached hydrogen (secondary N) is 1. The summed E-state index contributed by atoms with van der Waals surface area (Å²) in [4.78, 5) is 2.41. The molecule has 0 amide bonds. The minimum atomic E-state index is -0.0884. The number of hydrogen-bond acceptors (Lipinski definition) is 2. The molecule has 1 aliphatic rings. The van der Waals surface area contributed by atoms with Gasteiger partial charge < -0.3 is 10.2 Å². The Balaban J connectivity index is 2.46. The normalized spacial score (nSPS) is 20.5. The van der Waals surface area contributed by atoms with Crippen LogP contribution in [-0.2, 0) is 6.54 Å². The molecule has 1 aliphatic heterocycles. The first-order valence-electron chi connectivity index (χ1n) is 8.15. The van der Waals surface area contributed by atoms with Crippen LogP contribution in [0.2, 0.25) is 0 Å². The van der Waals surface area contributed by atoms with Crippen molar-refractivity contribution in [3.63, 3.8) is 0 Å². The minimum Gasteiger partial charge on any atom is -0.366 e. The summed E-state index contributed by atoms with van der Waals surface area (Å²) < 4.78 is 14.4. The average Bonchev–Trinajstić information content (AvgIpc) is 2.40. The van der Waals surface area contributed by atoms with Crippen molar-refractivity contribution in [3.05, 3.63) is 29.1 Å². The van der Waals surface area contributed by atoms with Crippen LogP contribution in [0.5, 0.6) is 0 Å². The molecule has 3 heteroatoms. The van der Waals surface area contributed by atoms with Crippen molar-refractivity contribution in [2.24, 2.45) is 0 Å². The molecule has 0 saturated carbocycles. The second-order valence-electron chi connectivity index (χ2n) is 6.96. The summed E-state index contributed by atoms with van der Waals surface area (Å²) in [5, 5.41) is 3.05. The Morgan fingerprint density at radius 2 is 2.10 bits per heavy atom. The lowest BCUT2D eigenvalue weighted by atomic mass is 9.79. The summed E-state index contributed by atoms with van der Waals surface area (Å²) in [6.45, 7) is 10.6. The van der Waals surface area contributed by atoms with E-state index in [-0.39, 0.29) is 11.4 Å². The Morgan fingerprint density at radius 1 is 1.38 bits per heavy atom. The summed E-state index contributed by atoms with van der Waals surface area (Å²) in [6.07, 6.45) is 3.43. The van der Waals surface area contributed by atoms with E-state index in [4.69, 9.17) is 0 Å². The molecule has 2 nitrogen and oxygen atoms in total. The molecule has 1 atom stereocenters. The molecular formula is C18H29FN2. The van der Waals surface area contributed by atoms with Crippen LogP contribution in [0.1, 0.15) is 64.0 Å². The van der Waals surface area contributed by atoms with Crippen molar-refractivity contribution in [2.75, 3.05) is 18.5 Å². The molecule has 1 aromatic rings. The highest BCUT2D eigenvalue weighted by Gasteiger charge is 2.36. The van der Waals surface area contributed by atoms with Gasteiger partial charge in [-0.15, -0.1) is 0 Å². The molecule has 0 aromatic heterocycles. The molecule has 1 aromatic carbocycles. The van der Waals surface area contributed by atoms with Gasteiger partial charge in [0.1, 0.15) is 5.82 Å². The molecule has 0 bridgehead atoms. The molecule has 21 heavy (non-hydrogen) atoms. The van der Waals surface area contributed by atoms with Gasteiger partial charge in [-0.25, -0.2) is 4.39 Å². The van der Waals surface area contributed by atoms with Gasteiger partial charge in [0.25, 0.3) is 0 Å². The van der Waals surface area contributed by atoms with E-state index in [2.05, 4.69) is 44.0 Å². The summed E-state index contributed by atoms with van der Waals surface area (Å²) in [5.74, 6) is 0.388. The largest absolute Gasteiger partial charge is 0.366 e. The van der Waals surface area contributed by atoms with E-state index in [9.17, 15) is 4.39 Å². The zero-order valence-electron chi connectivity index (χ0n) is 14.1. The van der Waals surface area contributed by atoms with Crippen molar-refractivity contribution in [1.29, 1.82) is 0 Å². The van der Waals surface area contributed by atoms with E-state index in [0.717, 1.165) is 37.1 Å². The zero-order valence-corrected chi connectivity index (χ0v) is 14.1. The first-order valence-corrected chi connectivity index (χ1v) is 8.15. The molecular weight excluding hydrogens is 263 g/mol. The van der Waals surface area contributed by atoms with Gasteiger partial charge in [-0.2, -0.15) is 0 Å². The first kappa shape index (κ1) is 16.3. The lowest BCUT2D eigenvalue weighted by molar-refractivity contribution is 0.372.